The average Bonchev–Trinajstić information content (AvgIpc) is 2.48. The number of nitrogens with one attached hydrogen (secondary N) is 1. The molecular formula is C15H10Cl2F3NO2. The van der Waals surface area contributed by atoms with Gasteiger partial charge in [-0.3, -0.25) is 4.79 Å². The molecule has 122 valence electrons. The molecule has 0 spiro atoms. The van der Waals surface area contributed by atoms with Crippen LogP contribution in [0.15, 0.2) is 42.5 Å². The monoisotopic (exact) mass is 363 g/mol. The third-order valence-electron chi connectivity index (χ3n) is 2.77. The van der Waals surface area contributed by atoms with Crippen molar-refractivity contribution in [2.45, 2.75) is 6.18 Å². The quantitative estimate of drug-likeness (QED) is 0.827. The van der Waals surface area contributed by atoms with E-state index in [0.717, 1.165) is 24.3 Å². The summed E-state index contributed by atoms with van der Waals surface area (Å²) in [6.45, 7) is -0.360. The van der Waals surface area contributed by atoms with Crippen LogP contribution in [0, 0.1) is 0 Å². The van der Waals surface area contributed by atoms with E-state index in [9.17, 15) is 18.0 Å². The molecule has 0 fully saturated rings. The van der Waals surface area contributed by atoms with Crippen molar-refractivity contribution in [2.75, 3.05) is 11.9 Å². The summed E-state index contributed by atoms with van der Waals surface area (Å²) < 4.78 is 42.5. The summed E-state index contributed by atoms with van der Waals surface area (Å²) >= 11 is 11.7. The Morgan fingerprint density at radius 1 is 1.09 bits per heavy atom. The van der Waals surface area contributed by atoms with Crippen molar-refractivity contribution in [3.05, 3.63) is 58.1 Å². The van der Waals surface area contributed by atoms with Gasteiger partial charge >= 0.3 is 6.18 Å². The average molecular weight is 364 g/mol. The summed E-state index contributed by atoms with van der Waals surface area (Å²) in [5.74, 6) is -0.303. The molecule has 0 aliphatic heterocycles. The molecule has 1 N–H and O–H groups in total. The van der Waals surface area contributed by atoms with E-state index in [1.54, 1.807) is 18.2 Å². The summed E-state index contributed by atoms with van der Waals surface area (Å²) in [4.78, 5) is 11.7. The van der Waals surface area contributed by atoms with Gasteiger partial charge in [-0.1, -0.05) is 29.3 Å². The zero-order valence-electron chi connectivity index (χ0n) is 11.5. The molecule has 0 heterocycles. The second kappa shape index (κ2) is 7.10. The topological polar surface area (TPSA) is 38.3 Å². The number of carbonyl (C=O) groups excluding carboxylic acids is 1. The SMILES string of the molecule is O=C(COc1cccc(Cl)c1Cl)Nc1ccc(C(F)(F)F)cc1. The van der Waals surface area contributed by atoms with Crippen LogP contribution in [0.25, 0.3) is 0 Å². The highest BCUT2D eigenvalue weighted by Crippen LogP contribution is 2.31. The van der Waals surface area contributed by atoms with Crippen molar-refractivity contribution in [1.29, 1.82) is 0 Å². The molecule has 2 aromatic carbocycles. The molecular weight excluding hydrogens is 354 g/mol. The molecule has 0 atom stereocenters. The Morgan fingerprint density at radius 3 is 2.35 bits per heavy atom. The van der Waals surface area contributed by atoms with E-state index in [-0.39, 0.29) is 28.1 Å². The van der Waals surface area contributed by atoms with Crippen LogP contribution in [0.2, 0.25) is 10.0 Å². The molecule has 3 nitrogen and oxygen atoms in total. The summed E-state index contributed by atoms with van der Waals surface area (Å²) in [6, 6.07) is 8.80. The smallest absolute Gasteiger partial charge is 0.416 e. The maximum atomic E-state index is 12.4. The van der Waals surface area contributed by atoms with Crippen LogP contribution >= 0.6 is 23.2 Å². The van der Waals surface area contributed by atoms with Gasteiger partial charge in [0, 0.05) is 5.69 Å². The molecule has 0 saturated heterocycles. The van der Waals surface area contributed by atoms with Crippen LogP contribution in [-0.2, 0) is 11.0 Å². The van der Waals surface area contributed by atoms with E-state index in [1.165, 1.54) is 0 Å². The maximum absolute atomic E-state index is 12.4. The zero-order chi connectivity index (χ0) is 17.0. The van der Waals surface area contributed by atoms with E-state index in [0.29, 0.717) is 0 Å². The lowest BCUT2D eigenvalue weighted by atomic mass is 10.2. The number of benzene rings is 2. The van der Waals surface area contributed by atoms with Crippen molar-refractivity contribution in [2.24, 2.45) is 0 Å². The van der Waals surface area contributed by atoms with Gasteiger partial charge in [-0.2, -0.15) is 13.2 Å². The number of hydrogen-bond donors (Lipinski definition) is 1. The molecule has 1 amide bonds. The van der Waals surface area contributed by atoms with E-state index >= 15 is 0 Å². The second-order valence-electron chi connectivity index (χ2n) is 4.46. The van der Waals surface area contributed by atoms with Gasteiger partial charge in [-0.25, -0.2) is 0 Å². The summed E-state index contributed by atoms with van der Waals surface area (Å²) in [6.07, 6.45) is -4.42. The fourth-order valence-electron chi connectivity index (χ4n) is 1.68. The lowest BCUT2D eigenvalue weighted by molar-refractivity contribution is -0.137. The first-order valence-electron chi connectivity index (χ1n) is 6.31. The van der Waals surface area contributed by atoms with E-state index in [2.05, 4.69) is 5.32 Å². The van der Waals surface area contributed by atoms with Gasteiger partial charge in [0.15, 0.2) is 6.61 Å². The molecule has 0 aromatic heterocycles. The molecule has 23 heavy (non-hydrogen) atoms. The maximum Gasteiger partial charge on any atom is 0.416 e. The standard InChI is InChI=1S/C15H10Cl2F3NO2/c16-11-2-1-3-12(14(11)17)23-8-13(22)21-10-6-4-9(5-7-10)15(18,19)20/h1-7H,8H2,(H,21,22). The van der Waals surface area contributed by atoms with E-state index in [1.807, 2.05) is 0 Å². The fraction of sp³-hybridized carbons (Fsp3) is 0.133. The Labute approximate surface area is 140 Å². The predicted octanol–water partition coefficient (Wildman–Crippen LogP) is 5.03. The lowest BCUT2D eigenvalue weighted by Crippen LogP contribution is -2.20. The molecule has 2 aromatic rings. The number of alkyl halides is 3. The largest absolute Gasteiger partial charge is 0.482 e. The first-order chi connectivity index (χ1) is 10.8. The van der Waals surface area contributed by atoms with Gasteiger partial charge < -0.3 is 10.1 Å². The van der Waals surface area contributed by atoms with Crippen LogP contribution in [0.5, 0.6) is 5.75 Å². The number of halogens is 5. The molecule has 0 aliphatic carbocycles. The highest BCUT2D eigenvalue weighted by molar-refractivity contribution is 6.42. The van der Waals surface area contributed by atoms with Crippen LogP contribution in [0.3, 0.4) is 0 Å². The second-order valence-corrected chi connectivity index (χ2v) is 5.25. The molecule has 2 rings (SSSR count). The summed E-state index contributed by atoms with van der Waals surface area (Å²) in [5, 5.41) is 2.88. The zero-order valence-corrected chi connectivity index (χ0v) is 13.0. The van der Waals surface area contributed by atoms with Gasteiger partial charge in [-0.15, -0.1) is 0 Å². The number of ether oxygens (including phenoxy) is 1. The number of anilines is 1. The number of rotatable bonds is 4. The molecule has 0 aliphatic rings. The number of carbonyl (C=O) groups is 1. The van der Waals surface area contributed by atoms with Gasteiger partial charge in [0.1, 0.15) is 10.8 Å². The summed E-state index contributed by atoms with van der Waals surface area (Å²) in [5.41, 5.74) is -0.568. The molecule has 8 heteroatoms. The predicted molar refractivity (Wildman–Crippen MR) is 82.0 cm³/mol. The van der Waals surface area contributed by atoms with Crippen molar-refractivity contribution in [3.8, 4) is 5.75 Å². The van der Waals surface area contributed by atoms with Crippen molar-refractivity contribution in [1.82, 2.24) is 0 Å². The van der Waals surface area contributed by atoms with Crippen molar-refractivity contribution < 1.29 is 22.7 Å². The number of hydrogen-bond acceptors (Lipinski definition) is 2. The van der Waals surface area contributed by atoms with E-state index < -0.39 is 17.6 Å². The Balaban J connectivity index is 1.93. The highest BCUT2D eigenvalue weighted by Gasteiger charge is 2.29. The Hall–Kier alpha value is -1.92. The van der Waals surface area contributed by atoms with Gasteiger partial charge in [0.25, 0.3) is 5.91 Å². The molecule has 0 bridgehead atoms. The van der Waals surface area contributed by atoms with Crippen LogP contribution in [0.1, 0.15) is 5.56 Å². The minimum Gasteiger partial charge on any atom is -0.482 e. The van der Waals surface area contributed by atoms with Gasteiger partial charge in [0.2, 0.25) is 0 Å². The van der Waals surface area contributed by atoms with Crippen molar-refractivity contribution in [3.63, 3.8) is 0 Å². The Morgan fingerprint density at radius 2 is 1.74 bits per heavy atom. The highest BCUT2D eigenvalue weighted by atomic mass is 35.5. The lowest BCUT2D eigenvalue weighted by Gasteiger charge is -2.10. The Bertz CT molecular complexity index is 703. The van der Waals surface area contributed by atoms with E-state index in [4.69, 9.17) is 27.9 Å². The van der Waals surface area contributed by atoms with Crippen LogP contribution < -0.4 is 10.1 Å². The number of amides is 1. The molecule has 0 saturated carbocycles. The first-order valence-corrected chi connectivity index (χ1v) is 7.07. The normalized spacial score (nSPS) is 11.2. The molecule has 0 radical (unpaired) electrons. The first kappa shape index (κ1) is 17.4. The Kier molecular flexibility index (Phi) is 5.38. The van der Waals surface area contributed by atoms with Crippen LogP contribution in [-0.4, -0.2) is 12.5 Å². The minimum absolute atomic E-state index is 0.177. The van der Waals surface area contributed by atoms with Crippen molar-refractivity contribution >= 4 is 34.8 Å². The van der Waals surface area contributed by atoms with Crippen LogP contribution in [0.4, 0.5) is 18.9 Å². The summed E-state index contributed by atoms with van der Waals surface area (Å²) in [7, 11) is 0. The fourth-order valence-corrected chi connectivity index (χ4v) is 2.02. The molecule has 0 unspecified atom stereocenters. The third kappa shape index (κ3) is 4.77. The third-order valence-corrected chi connectivity index (χ3v) is 3.57. The minimum atomic E-state index is -4.42. The van der Waals surface area contributed by atoms with Gasteiger partial charge in [-0.05, 0) is 36.4 Å². The van der Waals surface area contributed by atoms with Gasteiger partial charge in [0.05, 0.1) is 10.6 Å².